The number of halogens is 1. The number of ether oxygens (including phenoxy) is 1. The van der Waals surface area contributed by atoms with Gasteiger partial charge in [0.25, 0.3) is 0 Å². The van der Waals surface area contributed by atoms with Crippen LogP contribution in [-0.2, 0) is 11.3 Å². The fraction of sp³-hybridized carbons (Fsp3) is 0.409. The molecule has 1 N–H and O–H groups in total. The van der Waals surface area contributed by atoms with E-state index in [1.54, 1.807) is 0 Å². The summed E-state index contributed by atoms with van der Waals surface area (Å²) in [6.07, 6.45) is 1.10. The van der Waals surface area contributed by atoms with Gasteiger partial charge in [0.1, 0.15) is 5.75 Å². The average Bonchev–Trinajstić information content (AvgIpc) is 3.09. The van der Waals surface area contributed by atoms with Gasteiger partial charge in [-0.1, -0.05) is 48.9 Å². The molecule has 3 rings (SSSR count). The predicted octanol–water partition coefficient (Wildman–Crippen LogP) is 3.73. The minimum atomic E-state index is -0.376. The summed E-state index contributed by atoms with van der Waals surface area (Å²) in [5, 5.41) is 3.66. The lowest BCUT2D eigenvalue weighted by Gasteiger charge is -2.22. The molecule has 0 fully saturated rings. The minimum absolute atomic E-state index is 0.0192. The molecule has 4 nitrogen and oxygen atoms in total. The summed E-state index contributed by atoms with van der Waals surface area (Å²) in [5.41, 5.74) is 2.36. The molecule has 2 atom stereocenters. The lowest BCUT2D eigenvalue weighted by molar-refractivity contribution is -0.121. The van der Waals surface area contributed by atoms with E-state index in [9.17, 15) is 4.79 Å². The van der Waals surface area contributed by atoms with Gasteiger partial charge in [-0.05, 0) is 42.7 Å². The monoisotopic (exact) mass is 396 g/mol. The van der Waals surface area contributed by atoms with Crippen molar-refractivity contribution in [2.24, 2.45) is 0 Å². The Hall–Kier alpha value is -1.98. The van der Waals surface area contributed by atoms with E-state index in [-0.39, 0.29) is 17.8 Å². The molecule has 146 valence electrons. The van der Waals surface area contributed by atoms with Gasteiger partial charge in [0, 0.05) is 36.0 Å². The highest BCUT2D eigenvalue weighted by atomic mass is 35.5. The second kappa shape index (κ2) is 9.99. The predicted molar refractivity (Wildman–Crippen MR) is 114 cm³/mol. The van der Waals surface area contributed by atoms with Gasteiger partial charge < -0.3 is 10.1 Å². The number of hydrogen-bond donors (Lipinski definition) is 1. The van der Waals surface area contributed by atoms with E-state index >= 15 is 0 Å². The Kier molecular flexibility index (Phi) is 7.40. The molecular formula is C22H26BClN2O2. The molecule has 1 aliphatic rings. The Morgan fingerprint density at radius 2 is 2.04 bits per heavy atom. The maximum Gasteiger partial charge on any atom is 0.220 e. The number of carbonyl (C=O) groups is 1. The summed E-state index contributed by atoms with van der Waals surface area (Å²) in [6.45, 7) is 5.07. The maximum absolute atomic E-state index is 12.3. The van der Waals surface area contributed by atoms with Crippen molar-refractivity contribution in [2.45, 2.75) is 38.2 Å². The number of nitrogens with zero attached hydrogens (tertiary/aromatic N) is 1. The molecule has 2 aromatic rings. The van der Waals surface area contributed by atoms with Crippen LogP contribution in [0.25, 0.3) is 0 Å². The molecule has 0 unspecified atom stereocenters. The van der Waals surface area contributed by atoms with Crippen LogP contribution in [0.2, 0.25) is 5.02 Å². The molecule has 2 aromatic carbocycles. The van der Waals surface area contributed by atoms with E-state index in [0.29, 0.717) is 26.0 Å². The van der Waals surface area contributed by atoms with Crippen molar-refractivity contribution >= 4 is 25.4 Å². The Bertz CT molecular complexity index is 784. The second-order valence-electron chi connectivity index (χ2n) is 7.20. The van der Waals surface area contributed by atoms with Gasteiger partial charge >= 0.3 is 0 Å². The van der Waals surface area contributed by atoms with Crippen molar-refractivity contribution in [3.63, 3.8) is 0 Å². The van der Waals surface area contributed by atoms with Gasteiger partial charge in [-0.2, -0.15) is 0 Å². The molecule has 6 heteroatoms. The summed E-state index contributed by atoms with van der Waals surface area (Å²) in [7, 11) is 6.17. The standard InChI is InChI=1S/C22H26BClN2O2/c1-2-26(14-16-7-9-18(24)10-8-16)12-11-22(27)25-21(23)13-17-15-28-20-6-4-3-5-19(17)20/h3-10,17,21H,2,11-15H2,1H3,(H,25,27)/t17-,21+/m1/s1. The van der Waals surface area contributed by atoms with Crippen molar-refractivity contribution in [3.05, 3.63) is 64.7 Å². The summed E-state index contributed by atoms with van der Waals surface area (Å²) in [6, 6.07) is 15.8. The van der Waals surface area contributed by atoms with E-state index < -0.39 is 0 Å². The van der Waals surface area contributed by atoms with Crippen LogP contribution in [0.4, 0.5) is 0 Å². The molecule has 0 bridgehead atoms. The smallest absolute Gasteiger partial charge is 0.220 e. The van der Waals surface area contributed by atoms with Gasteiger partial charge in [0.2, 0.25) is 5.91 Å². The number of para-hydroxylation sites is 1. The largest absolute Gasteiger partial charge is 0.493 e. The number of carbonyl (C=O) groups excluding carboxylic acids is 1. The van der Waals surface area contributed by atoms with Gasteiger partial charge in [0.15, 0.2) is 0 Å². The van der Waals surface area contributed by atoms with Crippen LogP contribution in [0.1, 0.15) is 36.8 Å². The molecule has 0 spiro atoms. The molecule has 0 aromatic heterocycles. The number of nitrogens with one attached hydrogen (secondary N) is 1. The van der Waals surface area contributed by atoms with E-state index in [4.69, 9.17) is 24.2 Å². The zero-order valence-corrected chi connectivity index (χ0v) is 17.0. The number of rotatable bonds is 9. The molecular weight excluding hydrogens is 371 g/mol. The van der Waals surface area contributed by atoms with Crippen LogP contribution in [-0.4, -0.2) is 44.3 Å². The Morgan fingerprint density at radius 1 is 1.29 bits per heavy atom. The van der Waals surface area contributed by atoms with Crippen molar-refractivity contribution < 1.29 is 9.53 Å². The molecule has 1 amide bonds. The fourth-order valence-electron chi connectivity index (χ4n) is 3.53. The fourth-order valence-corrected chi connectivity index (χ4v) is 3.65. The van der Waals surface area contributed by atoms with Crippen molar-refractivity contribution in [3.8, 4) is 5.75 Å². The second-order valence-corrected chi connectivity index (χ2v) is 7.64. The molecule has 28 heavy (non-hydrogen) atoms. The Labute approximate surface area is 173 Å². The highest BCUT2D eigenvalue weighted by Crippen LogP contribution is 2.35. The number of hydrogen-bond acceptors (Lipinski definition) is 3. The third kappa shape index (κ3) is 5.76. The van der Waals surface area contributed by atoms with Crippen LogP contribution in [0.5, 0.6) is 5.75 Å². The third-order valence-corrected chi connectivity index (χ3v) is 5.36. The van der Waals surface area contributed by atoms with Crippen LogP contribution in [0, 0.1) is 0 Å². The molecule has 1 heterocycles. The first-order chi connectivity index (χ1) is 13.5. The SMILES string of the molecule is [B][C@H](C[C@@H]1COc2ccccc21)NC(=O)CCN(CC)Cc1ccc(Cl)cc1. The lowest BCUT2D eigenvalue weighted by Crippen LogP contribution is -2.38. The minimum Gasteiger partial charge on any atom is -0.493 e. The average molecular weight is 397 g/mol. The number of fused-ring (bicyclic) bond motifs is 1. The molecule has 2 radical (unpaired) electrons. The first-order valence-electron chi connectivity index (χ1n) is 9.78. The summed E-state index contributed by atoms with van der Waals surface area (Å²) in [4.78, 5) is 14.6. The van der Waals surface area contributed by atoms with Crippen molar-refractivity contribution in [2.75, 3.05) is 19.7 Å². The zero-order valence-electron chi connectivity index (χ0n) is 16.2. The van der Waals surface area contributed by atoms with Crippen LogP contribution in [0.3, 0.4) is 0 Å². The van der Waals surface area contributed by atoms with Crippen LogP contribution in [0.15, 0.2) is 48.5 Å². The van der Waals surface area contributed by atoms with Gasteiger partial charge in [-0.15, -0.1) is 0 Å². The Balaban J connectivity index is 1.42. The highest BCUT2D eigenvalue weighted by Gasteiger charge is 2.25. The first kappa shape index (κ1) is 20.8. The highest BCUT2D eigenvalue weighted by molar-refractivity contribution is 6.30. The van der Waals surface area contributed by atoms with E-state index in [2.05, 4.69) is 23.2 Å². The maximum atomic E-state index is 12.3. The third-order valence-electron chi connectivity index (χ3n) is 5.11. The van der Waals surface area contributed by atoms with Crippen LogP contribution < -0.4 is 10.1 Å². The Morgan fingerprint density at radius 3 is 2.79 bits per heavy atom. The first-order valence-corrected chi connectivity index (χ1v) is 10.2. The number of amides is 1. The topological polar surface area (TPSA) is 41.6 Å². The van der Waals surface area contributed by atoms with E-state index in [0.717, 1.165) is 23.9 Å². The molecule has 0 saturated heterocycles. The summed E-state index contributed by atoms with van der Waals surface area (Å²) in [5.74, 6) is 0.753. The lowest BCUT2D eigenvalue weighted by atomic mass is 9.84. The van der Waals surface area contributed by atoms with Gasteiger partial charge in [-0.3, -0.25) is 9.69 Å². The van der Waals surface area contributed by atoms with Crippen molar-refractivity contribution in [1.29, 1.82) is 0 Å². The number of benzene rings is 2. The van der Waals surface area contributed by atoms with Crippen molar-refractivity contribution in [1.82, 2.24) is 10.2 Å². The summed E-state index contributed by atoms with van der Waals surface area (Å²) >= 11 is 5.94. The molecule has 1 aliphatic heterocycles. The van der Waals surface area contributed by atoms with Crippen LogP contribution >= 0.6 is 11.6 Å². The quantitative estimate of drug-likeness (QED) is 0.657. The van der Waals surface area contributed by atoms with E-state index in [1.807, 2.05) is 42.5 Å². The van der Waals surface area contributed by atoms with Gasteiger partial charge in [0.05, 0.1) is 14.5 Å². The zero-order chi connectivity index (χ0) is 19.9. The van der Waals surface area contributed by atoms with E-state index in [1.165, 1.54) is 11.1 Å². The molecule has 0 saturated carbocycles. The molecule has 0 aliphatic carbocycles. The van der Waals surface area contributed by atoms with Gasteiger partial charge in [-0.25, -0.2) is 0 Å². The summed E-state index contributed by atoms with van der Waals surface area (Å²) < 4.78 is 5.69. The normalized spacial score (nSPS) is 16.5.